The second-order valence-corrected chi connectivity index (χ2v) is 4.48. The van der Waals surface area contributed by atoms with Gasteiger partial charge in [-0.2, -0.15) is 0 Å². The molecule has 1 rings (SSSR count). The summed E-state index contributed by atoms with van der Waals surface area (Å²) in [6.07, 6.45) is 6.19. The van der Waals surface area contributed by atoms with E-state index in [1.165, 1.54) is 48.2 Å². The summed E-state index contributed by atoms with van der Waals surface area (Å²) in [5.41, 5.74) is 2.37. The third kappa shape index (κ3) is 2.35. The molecule has 0 aromatic rings. The first-order valence-corrected chi connectivity index (χ1v) is 6.35. The summed E-state index contributed by atoms with van der Waals surface area (Å²) in [7, 11) is 0. The summed E-state index contributed by atoms with van der Waals surface area (Å²) in [5, 5.41) is 0. The normalized spacial score (nSPS) is 20.3. The number of hydrogen-bond donors (Lipinski definition) is 0. The quantitative estimate of drug-likeness (QED) is 0.526. The van der Waals surface area contributed by atoms with E-state index in [0.717, 1.165) is 5.70 Å². The van der Waals surface area contributed by atoms with Crippen molar-refractivity contribution in [2.24, 2.45) is 4.99 Å². The number of allylic oxidation sites excluding steroid dienone is 4. The molecule has 0 fully saturated rings. The molecule has 11 heavy (non-hydrogen) atoms. The second-order valence-electron chi connectivity index (χ2n) is 2.05. The molecular weight excluding hydrogens is 478 g/mol. The van der Waals surface area contributed by atoms with Crippen molar-refractivity contribution in [3.05, 3.63) is 23.4 Å². The molecule has 0 aromatic heterocycles. The van der Waals surface area contributed by atoms with Gasteiger partial charge in [0.1, 0.15) is 0 Å². The van der Waals surface area contributed by atoms with Gasteiger partial charge in [0.15, 0.2) is 0 Å². The van der Waals surface area contributed by atoms with Gasteiger partial charge in [-0.05, 0) is 0 Å². The van der Waals surface area contributed by atoms with Gasteiger partial charge in [0, 0.05) is 0 Å². The molecule has 0 atom stereocenters. The molecule has 1 nitrogen and oxygen atoms in total. The van der Waals surface area contributed by atoms with Crippen LogP contribution in [0.1, 0.15) is 6.92 Å². The van der Waals surface area contributed by atoms with Crippen LogP contribution in [0.3, 0.4) is 0 Å². The molecule has 0 unspecified atom stereocenters. The van der Waals surface area contributed by atoms with E-state index in [9.17, 15) is 0 Å². The Balaban J connectivity index is 2.97. The van der Waals surface area contributed by atoms with Gasteiger partial charge in [0.2, 0.25) is 0 Å². The Morgan fingerprint density at radius 2 is 2.27 bits per heavy atom. The average molecular weight is 485 g/mol. The first-order valence-electron chi connectivity index (χ1n) is 3.19. The molecule has 1 heterocycles. The molecule has 0 spiro atoms. The van der Waals surface area contributed by atoms with Crippen LogP contribution in [0.5, 0.6) is 0 Å². The van der Waals surface area contributed by atoms with Crippen molar-refractivity contribution in [3.8, 4) is 0 Å². The van der Waals surface area contributed by atoms with E-state index < -0.39 is 0 Å². The van der Waals surface area contributed by atoms with Crippen LogP contribution in [-0.4, -0.2) is 14.5 Å². The molecule has 0 N–H and O–H groups in total. The predicted octanol–water partition coefficient (Wildman–Crippen LogP) is 0.969. The van der Waals surface area contributed by atoms with Crippen LogP contribution >= 0.6 is 0 Å². The average Bonchev–Trinajstić information content (AvgIpc) is 2.04. The van der Waals surface area contributed by atoms with Gasteiger partial charge < -0.3 is 0 Å². The number of aliphatic imine (C=N–C) groups is 1. The van der Waals surface area contributed by atoms with E-state index in [-0.39, 0.29) is 0 Å². The summed E-state index contributed by atoms with van der Waals surface area (Å²) in [6.45, 7) is 2.05. The van der Waals surface area contributed by atoms with Crippen LogP contribution < -0.4 is 0 Å². The zero-order valence-electron chi connectivity index (χ0n) is 6.07. The van der Waals surface area contributed by atoms with Crippen LogP contribution in [0.2, 0.25) is 0 Å². The molecule has 0 radical (unpaired) electrons. The SMILES string of the molecule is CC=C1C=NC([CH]=[W])=C[C]1=[W]. The van der Waals surface area contributed by atoms with Gasteiger partial charge in [-0.25, -0.2) is 0 Å². The van der Waals surface area contributed by atoms with E-state index in [1.807, 2.05) is 13.1 Å². The standard InChI is InChI=1S/C8H7N.2W/c1-3-8-5-4-7(2)9-6-8;;/h2-4,6H,1H3;;. The van der Waals surface area contributed by atoms with Crippen molar-refractivity contribution >= 4 is 14.5 Å². The van der Waals surface area contributed by atoms with Crippen molar-refractivity contribution in [2.45, 2.75) is 6.92 Å². The number of nitrogens with zero attached hydrogens (tertiary/aromatic N) is 1. The minimum atomic E-state index is 1.11. The van der Waals surface area contributed by atoms with Crippen LogP contribution in [0.4, 0.5) is 0 Å². The maximum absolute atomic E-state index is 4.28. The fourth-order valence-electron chi connectivity index (χ4n) is 0.744. The van der Waals surface area contributed by atoms with Gasteiger partial charge >= 0.3 is 88.6 Å². The van der Waals surface area contributed by atoms with E-state index in [4.69, 9.17) is 0 Å². The maximum atomic E-state index is 4.28. The molecular formula is C8H7NW2. The monoisotopic (exact) mass is 485 g/mol. The summed E-state index contributed by atoms with van der Waals surface area (Å²) < 4.78 is 3.49. The Hall–Kier alpha value is 0.267. The molecule has 0 bridgehead atoms. The van der Waals surface area contributed by atoms with Gasteiger partial charge in [0.25, 0.3) is 0 Å². The molecule has 0 amide bonds. The van der Waals surface area contributed by atoms with Gasteiger partial charge in [0.05, 0.1) is 0 Å². The Labute approximate surface area is 88.1 Å². The minimum absolute atomic E-state index is 1.11. The first-order chi connectivity index (χ1) is 5.27. The van der Waals surface area contributed by atoms with Crippen molar-refractivity contribution in [1.29, 1.82) is 0 Å². The van der Waals surface area contributed by atoms with Gasteiger partial charge in [-0.3, -0.25) is 0 Å². The van der Waals surface area contributed by atoms with Crippen molar-refractivity contribution < 1.29 is 38.7 Å². The van der Waals surface area contributed by atoms with Crippen molar-refractivity contribution in [1.82, 2.24) is 0 Å². The molecule has 56 valence electrons. The fourth-order valence-corrected chi connectivity index (χ4v) is 2.25. The van der Waals surface area contributed by atoms with E-state index in [1.54, 1.807) is 0 Å². The molecule has 0 aromatic carbocycles. The zero-order chi connectivity index (χ0) is 8.27. The third-order valence-corrected chi connectivity index (χ3v) is 3.49. The van der Waals surface area contributed by atoms with Crippen molar-refractivity contribution in [3.63, 3.8) is 0 Å². The predicted molar refractivity (Wildman–Crippen MR) is 41.4 cm³/mol. The molecule has 0 saturated carbocycles. The number of rotatable bonds is 1. The first kappa shape index (κ1) is 9.36. The summed E-state index contributed by atoms with van der Waals surface area (Å²) >= 11 is 2.96. The van der Waals surface area contributed by atoms with E-state index in [2.05, 4.69) is 21.5 Å². The van der Waals surface area contributed by atoms with E-state index >= 15 is 0 Å². The van der Waals surface area contributed by atoms with Crippen LogP contribution in [0, 0.1) is 0 Å². The van der Waals surface area contributed by atoms with Gasteiger partial charge in [-0.15, -0.1) is 0 Å². The van der Waals surface area contributed by atoms with Crippen LogP contribution in [-0.2, 0) is 38.7 Å². The summed E-state index contributed by atoms with van der Waals surface area (Å²) in [6, 6.07) is 0. The molecule has 1 aliphatic rings. The third-order valence-electron chi connectivity index (χ3n) is 1.35. The van der Waals surface area contributed by atoms with Crippen LogP contribution in [0.25, 0.3) is 0 Å². The fraction of sp³-hybridized carbons (Fsp3) is 0.125. The zero-order valence-corrected chi connectivity index (χ0v) is 11.9. The van der Waals surface area contributed by atoms with Crippen molar-refractivity contribution in [2.75, 3.05) is 0 Å². The number of hydrogen-bond acceptors (Lipinski definition) is 1. The summed E-state index contributed by atoms with van der Waals surface area (Å²) in [5.74, 6) is 0. The molecule has 3 heteroatoms. The molecule has 0 saturated heterocycles. The molecule has 1 aliphatic heterocycles. The Morgan fingerprint density at radius 3 is 2.73 bits per heavy atom. The van der Waals surface area contributed by atoms with Crippen LogP contribution in [0.15, 0.2) is 28.4 Å². The Morgan fingerprint density at radius 1 is 1.55 bits per heavy atom. The Bertz CT molecular complexity index is 284. The topological polar surface area (TPSA) is 12.4 Å². The second kappa shape index (κ2) is 4.33. The molecule has 0 aliphatic carbocycles. The van der Waals surface area contributed by atoms with E-state index in [0.29, 0.717) is 0 Å². The Kier molecular flexibility index (Phi) is 3.68. The van der Waals surface area contributed by atoms with Gasteiger partial charge in [-0.1, -0.05) is 0 Å². The summed E-state index contributed by atoms with van der Waals surface area (Å²) in [4.78, 5) is 4.28.